The second kappa shape index (κ2) is 27.6. The summed E-state index contributed by atoms with van der Waals surface area (Å²) in [5.41, 5.74) is 10.4. The molecule has 0 saturated carbocycles. The average molecular weight is 1090 g/mol. The van der Waals surface area contributed by atoms with Gasteiger partial charge in [0.2, 0.25) is 5.70 Å². The van der Waals surface area contributed by atoms with Crippen LogP contribution in [0.15, 0.2) is 83.6 Å². The molecule has 0 fully saturated rings. The first-order chi connectivity index (χ1) is 37.2. The van der Waals surface area contributed by atoms with Crippen LogP contribution in [0.25, 0.3) is 60.3 Å². The number of anilines is 2. The minimum Gasteiger partial charge on any atom is -0.307 e. The molecule has 0 radical (unpaired) electrons. The zero-order valence-electron chi connectivity index (χ0n) is 45.8. The van der Waals surface area contributed by atoms with Gasteiger partial charge in [-0.05, 0) is 126 Å². The fraction of sp³-hybridized carbons (Fsp3) is 0.424. The van der Waals surface area contributed by atoms with Crippen LogP contribution in [-0.2, 0) is 22.4 Å². The molecule has 2 amide bonds. The van der Waals surface area contributed by atoms with E-state index in [-0.39, 0.29) is 11.8 Å². The third kappa shape index (κ3) is 13.0. The molecule has 2 aliphatic heterocycles. The minimum atomic E-state index is -0.0880. The van der Waals surface area contributed by atoms with Crippen LogP contribution in [0.2, 0.25) is 0 Å². The van der Waals surface area contributed by atoms with Crippen molar-refractivity contribution in [1.29, 1.82) is 5.26 Å². The zero-order valence-corrected chi connectivity index (χ0v) is 49.0. The molecule has 0 saturated heterocycles. The monoisotopic (exact) mass is 1080 g/mol. The van der Waals surface area contributed by atoms with Crippen LogP contribution in [0.5, 0.6) is 0 Å². The molecule has 6 heterocycles. The van der Waals surface area contributed by atoms with Crippen LogP contribution in [0, 0.1) is 29.7 Å². The number of unbranched alkanes of at least 4 members (excludes halogenated alkanes) is 8. The average Bonchev–Trinajstić information content (AvgIpc) is 4.38. The summed E-state index contributed by atoms with van der Waals surface area (Å²) in [4.78, 5) is 45.7. The lowest BCUT2D eigenvalue weighted by Gasteiger charge is -2.24. The van der Waals surface area contributed by atoms with Gasteiger partial charge in [-0.1, -0.05) is 161 Å². The van der Waals surface area contributed by atoms with Crippen LogP contribution in [0.4, 0.5) is 11.4 Å². The van der Waals surface area contributed by atoms with Crippen LogP contribution >= 0.6 is 45.3 Å². The number of hydrogen-bond acceptors (Lipinski definition) is 7. The van der Waals surface area contributed by atoms with Crippen LogP contribution in [-0.4, -0.2) is 24.9 Å². The molecule has 2 aliphatic rings. The Kier molecular flexibility index (Phi) is 20.6. The van der Waals surface area contributed by atoms with Gasteiger partial charge in [0.25, 0.3) is 11.8 Å². The van der Waals surface area contributed by atoms with Crippen molar-refractivity contribution in [3.63, 3.8) is 0 Å². The highest BCUT2D eigenvalue weighted by atomic mass is 32.1. The van der Waals surface area contributed by atoms with Crippen molar-refractivity contribution in [3.8, 4) is 27.0 Å². The topological polar surface area (TPSA) is 68.8 Å². The predicted octanol–water partition coefficient (Wildman–Crippen LogP) is 20.0. The maximum Gasteiger partial charge on any atom is 0.259 e. The molecule has 0 aliphatic carbocycles. The molecule has 10 heteroatoms. The second-order valence-electron chi connectivity index (χ2n) is 20.8. The van der Waals surface area contributed by atoms with E-state index < -0.39 is 0 Å². The summed E-state index contributed by atoms with van der Waals surface area (Å²) in [6.07, 6.45) is 23.6. The maximum atomic E-state index is 15.7. The number of allylic oxidation sites excluding steroid dienone is 1. The van der Waals surface area contributed by atoms with E-state index in [1.165, 1.54) is 46.6 Å². The molecule has 76 heavy (non-hydrogen) atoms. The van der Waals surface area contributed by atoms with Gasteiger partial charge in [-0.25, -0.2) is 4.85 Å². The summed E-state index contributed by atoms with van der Waals surface area (Å²) in [7, 11) is 0. The van der Waals surface area contributed by atoms with Crippen molar-refractivity contribution >= 4 is 103 Å². The number of amides is 2. The van der Waals surface area contributed by atoms with E-state index in [9.17, 15) is 5.26 Å². The highest BCUT2D eigenvalue weighted by Crippen LogP contribution is 2.51. The van der Waals surface area contributed by atoms with Gasteiger partial charge < -0.3 is 9.80 Å². The third-order valence-corrected chi connectivity index (χ3v) is 19.5. The summed E-state index contributed by atoms with van der Waals surface area (Å²) < 4.78 is 0. The number of carbonyl (C=O) groups excluding carboxylic acids is 2. The Morgan fingerprint density at radius 1 is 0.605 bits per heavy atom. The van der Waals surface area contributed by atoms with E-state index in [2.05, 4.69) is 101 Å². The molecular formula is C66H76N4O2S4. The van der Waals surface area contributed by atoms with Crippen molar-refractivity contribution in [2.24, 2.45) is 11.8 Å². The normalized spacial score (nSPS) is 15.4. The van der Waals surface area contributed by atoms with Crippen LogP contribution in [0.3, 0.4) is 0 Å². The second-order valence-corrected chi connectivity index (χ2v) is 24.8. The Labute approximate surface area is 470 Å². The number of fused-ring (bicyclic) bond motifs is 2. The van der Waals surface area contributed by atoms with Gasteiger partial charge in [-0.15, -0.1) is 34.0 Å². The molecular weight excluding hydrogens is 1010 g/mol. The molecule has 6 nitrogen and oxygen atoms in total. The molecule has 0 N–H and O–H groups in total. The Balaban J connectivity index is 1.28. The number of nitriles is 1. The molecule has 4 aromatic heterocycles. The standard InChI is InChI=1S/C66H76N4O2S4/c1-8-14-18-20-26-47-36-52(38-51(42-67)59-28-22-34-73-59)75-63(47)49-30-32-54-57(39-49)69(43-45(12-5)24-16-10-3)65(71)61(54)62-55-33-31-50(40-58(55)70(66(62)72)44-46(13-6)25-17-11-4)64-48(27-21-19-15-9-2)37-53(76-64)41-56(68-7)60-29-23-35-74-60/h22-23,28-41,45-46H,8-21,24-27,43-44H2,1-6H3/b51-38+,56-41-,62-61+. The number of aryl methyl sites for hydroxylation is 2. The number of benzene rings is 2. The number of nitrogens with zero attached hydrogens (tertiary/aromatic N) is 4. The van der Waals surface area contributed by atoms with Crippen molar-refractivity contribution in [1.82, 2.24) is 0 Å². The highest BCUT2D eigenvalue weighted by molar-refractivity contribution is 7.17. The Bertz CT molecular complexity index is 2910. The van der Waals surface area contributed by atoms with Crippen molar-refractivity contribution in [2.45, 2.75) is 157 Å². The van der Waals surface area contributed by atoms with E-state index >= 15 is 9.59 Å². The van der Waals surface area contributed by atoms with E-state index in [4.69, 9.17) is 6.57 Å². The van der Waals surface area contributed by atoms with Crippen molar-refractivity contribution < 1.29 is 9.59 Å². The van der Waals surface area contributed by atoms with Gasteiger partial charge in [0, 0.05) is 53.5 Å². The van der Waals surface area contributed by atoms with Gasteiger partial charge in [-0.3, -0.25) is 9.59 Å². The summed E-state index contributed by atoms with van der Waals surface area (Å²) in [6.45, 7) is 22.7. The maximum absolute atomic E-state index is 15.7. The molecule has 2 atom stereocenters. The van der Waals surface area contributed by atoms with E-state index in [0.29, 0.717) is 47.3 Å². The zero-order chi connectivity index (χ0) is 53.6. The number of rotatable bonds is 28. The summed E-state index contributed by atoms with van der Waals surface area (Å²) in [5.74, 6) is 0.449. The predicted molar refractivity (Wildman–Crippen MR) is 330 cm³/mol. The summed E-state index contributed by atoms with van der Waals surface area (Å²) in [6, 6.07) is 28.1. The first-order valence-corrected chi connectivity index (χ1v) is 31.8. The molecule has 396 valence electrons. The van der Waals surface area contributed by atoms with Crippen LogP contribution < -0.4 is 9.80 Å². The lowest BCUT2D eigenvalue weighted by molar-refractivity contribution is -0.114. The Hall–Kier alpha value is -5.62. The van der Waals surface area contributed by atoms with Crippen molar-refractivity contribution in [3.05, 3.63) is 137 Å². The quantitative estimate of drug-likeness (QED) is 0.0213. The first-order valence-electron chi connectivity index (χ1n) is 28.4. The number of thiophene rings is 4. The van der Waals surface area contributed by atoms with Gasteiger partial charge in [0.1, 0.15) is 6.07 Å². The van der Waals surface area contributed by atoms with E-state index in [0.717, 1.165) is 143 Å². The van der Waals surface area contributed by atoms with E-state index in [1.54, 1.807) is 45.3 Å². The molecule has 6 aromatic rings. The smallest absolute Gasteiger partial charge is 0.259 e. The minimum absolute atomic E-state index is 0.0873. The molecule has 2 aromatic carbocycles. The number of hydrogen-bond donors (Lipinski definition) is 0. The van der Waals surface area contributed by atoms with Gasteiger partial charge in [-0.2, -0.15) is 16.6 Å². The SMILES string of the molecule is [C-]#[N+]/C(=C\c1cc(CCCCCC)c(-c2ccc3c(c2)N(CC(CC)CCCC)C(=O)/C3=C2/C(=O)N(CC(CC)CCCC)c3cc(-c4sc(/C=C(\C#N)c5cccs5)cc4CCCCCC)ccc32)s1)c1cccs1. The molecule has 0 bridgehead atoms. The summed E-state index contributed by atoms with van der Waals surface area (Å²) in [5, 5.41) is 14.3. The Morgan fingerprint density at radius 2 is 1.08 bits per heavy atom. The molecule has 2 unspecified atom stereocenters. The van der Waals surface area contributed by atoms with Crippen LogP contribution in [0.1, 0.15) is 186 Å². The fourth-order valence-corrected chi connectivity index (χ4v) is 14.6. The highest BCUT2D eigenvalue weighted by Gasteiger charge is 2.43. The summed E-state index contributed by atoms with van der Waals surface area (Å²) >= 11 is 6.62. The Morgan fingerprint density at radius 3 is 1.50 bits per heavy atom. The van der Waals surface area contributed by atoms with E-state index in [1.807, 2.05) is 57.0 Å². The third-order valence-electron chi connectivity index (χ3n) is 15.4. The first kappa shape index (κ1) is 56.6. The lowest BCUT2D eigenvalue weighted by atomic mass is 9.94. The fourth-order valence-electron chi connectivity index (χ4n) is 11.0. The van der Waals surface area contributed by atoms with Crippen molar-refractivity contribution in [2.75, 3.05) is 22.9 Å². The van der Waals surface area contributed by atoms with Gasteiger partial charge in [0.15, 0.2) is 0 Å². The molecule has 8 rings (SSSR count). The van der Waals surface area contributed by atoms with Gasteiger partial charge in [0.05, 0.1) is 34.7 Å². The molecule has 0 spiro atoms. The number of carbonyl (C=O) groups is 2. The largest absolute Gasteiger partial charge is 0.307 e. The van der Waals surface area contributed by atoms with Gasteiger partial charge >= 0.3 is 0 Å². The lowest BCUT2D eigenvalue weighted by Crippen LogP contribution is -2.34.